The molecule has 2 aliphatic rings. The summed E-state index contributed by atoms with van der Waals surface area (Å²) in [6.07, 6.45) is 73.6. The number of hydrogen-bond acceptors (Lipinski definition) is 13. The molecule has 12 atom stereocenters. The fourth-order valence-corrected chi connectivity index (χ4v) is 11.0. The molecular formula is C78H131NO13. The Hall–Kier alpha value is -3.87. The molecule has 0 aromatic rings. The molecule has 0 bridgehead atoms. The van der Waals surface area contributed by atoms with Gasteiger partial charge in [0.05, 0.1) is 32.0 Å². The Balaban J connectivity index is 1.66. The standard InChI is InChI=1S/C78H131NO13/c1-3-5-7-9-11-13-15-17-19-21-23-25-26-27-28-29-30-31-32-33-34-35-36-37-38-39-40-42-44-46-48-50-52-54-56-58-60-62-70(83)79-66(67(82)61-59-57-55-53-51-49-47-45-43-41-24-22-20-18-16-14-12-10-8-6-4-2)65-89-77-75(88)73(86)76(69(64-81)91-77)92-78-74(87)72(85)71(84)68(63-80)90-78/h5,7,11,13,17,19,23,25,27-28,30-31,33-34,36-37,43,45,51,53,59,61,66-69,71-78,80-82,84-88H,3-4,6,8-10,12,14-16,18,20-22,24,26,29,32,35,38-42,44,46-50,52,54-58,60,62-65H2,1-2H3,(H,79,83)/b7-5-,13-11-,19-17-,25-23-,28-27-,31-30-,34-33-,37-36-,45-43+,53-51+,61-59+. The number of ether oxygens (including phenoxy) is 4. The van der Waals surface area contributed by atoms with E-state index in [-0.39, 0.29) is 18.9 Å². The molecule has 0 spiro atoms. The van der Waals surface area contributed by atoms with E-state index in [2.05, 4.69) is 141 Å². The molecule has 0 saturated carbocycles. The summed E-state index contributed by atoms with van der Waals surface area (Å²) in [6.45, 7) is 2.66. The second-order valence-corrected chi connectivity index (χ2v) is 25.0. The molecule has 0 aromatic heterocycles. The fourth-order valence-electron chi connectivity index (χ4n) is 11.0. The van der Waals surface area contributed by atoms with Crippen LogP contribution in [0.15, 0.2) is 134 Å². The first-order chi connectivity index (χ1) is 45.1. The van der Waals surface area contributed by atoms with Crippen molar-refractivity contribution in [3.8, 4) is 0 Å². The lowest BCUT2D eigenvalue weighted by atomic mass is 9.97. The summed E-state index contributed by atoms with van der Waals surface area (Å²) in [4.78, 5) is 13.3. The van der Waals surface area contributed by atoms with E-state index >= 15 is 0 Å². The maximum atomic E-state index is 13.3. The Kier molecular flexibility index (Phi) is 55.6. The molecule has 12 unspecified atom stereocenters. The van der Waals surface area contributed by atoms with Crippen LogP contribution in [0.2, 0.25) is 0 Å². The summed E-state index contributed by atoms with van der Waals surface area (Å²) >= 11 is 0. The highest BCUT2D eigenvalue weighted by Gasteiger charge is 2.51. The summed E-state index contributed by atoms with van der Waals surface area (Å²) in [5.41, 5.74) is 0. The lowest BCUT2D eigenvalue weighted by molar-refractivity contribution is -0.359. The minimum Gasteiger partial charge on any atom is -0.394 e. The number of rotatable bonds is 58. The van der Waals surface area contributed by atoms with E-state index in [0.717, 1.165) is 103 Å². The van der Waals surface area contributed by atoms with Crippen LogP contribution < -0.4 is 5.32 Å². The molecule has 92 heavy (non-hydrogen) atoms. The van der Waals surface area contributed by atoms with E-state index in [1.165, 1.54) is 122 Å². The van der Waals surface area contributed by atoms with Gasteiger partial charge >= 0.3 is 0 Å². The number of carbonyl (C=O) groups excluding carboxylic acids is 1. The summed E-state index contributed by atoms with van der Waals surface area (Å²) < 4.78 is 22.8. The number of aliphatic hydroxyl groups excluding tert-OH is 8. The van der Waals surface area contributed by atoms with Gasteiger partial charge in [0.25, 0.3) is 0 Å². The highest BCUT2D eigenvalue weighted by molar-refractivity contribution is 5.76. The average molecular weight is 1290 g/mol. The molecular weight excluding hydrogens is 1160 g/mol. The third-order valence-corrected chi connectivity index (χ3v) is 16.8. The van der Waals surface area contributed by atoms with Crippen molar-refractivity contribution in [2.24, 2.45) is 0 Å². The van der Waals surface area contributed by atoms with Crippen LogP contribution in [0.1, 0.15) is 258 Å². The van der Waals surface area contributed by atoms with Crippen LogP contribution in [0.25, 0.3) is 0 Å². The summed E-state index contributed by atoms with van der Waals surface area (Å²) in [5, 5.41) is 87.4. The highest BCUT2D eigenvalue weighted by Crippen LogP contribution is 2.30. The molecule has 0 aliphatic carbocycles. The first-order valence-corrected chi connectivity index (χ1v) is 36.4. The van der Waals surface area contributed by atoms with Crippen LogP contribution in [-0.4, -0.2) is 140 Å². The molecule has 0 radical (unpaired) electrons. The van der Waals surface area contributed by atoms with Crippen molar-refractivity contribution >= 4 is 5.91 Å². The van der Waals surface area contributed by atoms with Gasteiger partial charge in [0, 0.05) is 6.42 Å². The molecule has 14 heteroatoms. The van der Waals surface area contributed by atoms with Gasteiger partial charge in [-0.25, -0.2) is 0 Å². The Morgan fingerprint density at radius 3 is 1.20 bits per heavy atom. The lowest BCUT2D eigenvalue weighted by Crippen LogP contribution is -2.65. The van der Waals surface area contributed by atoms with Crippen LogP contribution in [0.3, 0.4) is 0 Å². The Labute approximate surface area is 558 Å². The van der Waals surface area contributed by atoms with Crippen molar-refractivity contribution in [1.82, 2.24) is 5.32 Å². The zero-order valence-corrected chi connectivity index (χ0v) is 57.2. The topological polar surface area (TPSA) is 228 Å². The number of nitrogens with one attached hydrogen (secondary N) is 1. The second kappa shape index (κ2) is 60.8. The molecule has 2 rings (SSSR count). The fraction of sp³-hybridized carbons (Fsp3) is 0.705. The normalized spacial score (nSPS) is 23.5. The highest BCUT2D eigenvalue weighted by atomic mass is 16.7. The number of carbonyl (C=O) groups is 1. The third kappa shape index (κ3) is 44.0. The quantitative estimate of drug-likeness (QED) is 0.0204. The van der Waals surface area contributed by atoms with Crippen LogP contribution >= 0.6 is 0 Å². The van der Waals surface area contributed by atoms with Gasteiger partial charge in [-0.2, -0.15) is 0 Å². The summed E-state index contributed by atoms with van der Waals surface area (Å²) in [6, 6.07) is -0.949. The lowest BCUT2D eigenvalue weighted by Gasteiger charge is -2.46. The van der Waals surface area contributed by atoms with Crippen molar-refractivity contribution in [3.63, 3.8) is 0 Å². The zero-order valence-electron chi connectivity index (χ0n) is 57.2. The van der Waals surface area contributed by atoms with E-state index in [1.807, 2.05) is 6.08 Å². The molecule has 526 valence electrons. The molecule has 9 N–H and O–H groups in total. The molecule has 0 aromatic carbocycles. The molecule has 2 aliphatic heterocycles. The monoisotopic (exact) mass is 1290 g/mol. The Morgan fingerprint density at radius 1 is 0.402 bits per heavy atom. The summed E-state index contributed by atoms with van der Waals surface area (Å²) in [7, 11) is 0. The van der Waals surface area contributed by atoms with Gasteiger partial charge in [-0.3, -0.25) is 4.79 Å². The molecule has 2 fully saturated rings. The van der Waals surface area contributed by atoms with Crippen LogP contribution in [0.4, 0.5) is 0 Å². The SMILES string of the molecule is CC/C=C\C/C=C\C/C=C\C/C=C\C/C=C\C/C=C\C/C=C\C/C=C\CCCCCCCCCCCCCCC(=O)NC(COC1OC(CO)C(OC2OC(CO)C(O)C(O)C2O)C(O)C1O)C(O)/C=C/CC/C=C/CC/C=C/CCCCCCCCCCCCC. The predicted octanol–water partition coefficient (Wildman–Crippen LogP) is 15.5. The number of allylic oxidation sites excluding steroid dienone is 21. The maximum Gasteiger partial charge on any atom is 0.220 e. The van der Waals surface area contributed by atoms with E-state index in [1.54, 1.807) is 6.08 Å². The average Bonchev–Trinajstić information content (AvgIpc) is 0.915. The van der Waals surface area contributed by atoms with Crippen LogP contribution in [0.5, 0.6) is 0 Å². The van der Waals surface area contributed by atoms with Crippen LogP contribution in [-0.2, 0) is 23.7 Å². The van der Waals surface area contributed by atoms with Gasteiger partial charge in [-0.1, -0.05) is 276 Å². The van der Waals surface area contributed by atoms with Crippen molar-refractivity contribution in [2.75, 3.05) is 19.8 Å². The van der Waals surface area contributed by atoms with Gasteiger partial charge in [0.1, 0.15) is 48.8 Å². The molecule has 14 nitrogen and oxygen atoms in total. The Bertz CT molecular complexity index is 2060. The second-order valence-electron chi connectivity index (χ2n) is 25.0. The van der Waals surface area contributed by atoms with Crippen molar-refractivity contribution in [3.05, 3.63) is 134 Å². The van der Waals surface area contributed by atoms with Crippen LogP contribution in [0, 0.1) is 0 Å². The number of aliphatic hydroxyl groups is 8. The van der Waals surface area contributed by atoms with E-state index in [0.29, 0.717) is 12.8 Å². The van der Waals surface area contributed by atoms with E-state index in [4.69, 9.17) is 18.9 Å². The number of hydrogen-bond donors (Lipinski definition) is 9. The van der Waals surface area contributed by atoms with Gasteiger partial charge in [0.2, 0.25) is 5.91 Å². The maximum absolute atomic E-state index is 13.3. The van der Waals surface area contributed by atoms with Crippen molar-refractivity contribution < 1.29 is 64.6 Å². The van der Waals surface area contributed by atoms with E-state index in [9.17, 15) is 45.6 Å². The van der Waals surface area contributed by atoms with Crippen molar-refractivity contribution in [1.29, 1.82) is 0 Å². The zero-order chi connectivity index (χ0) is 66.6. The third-order valence-electron chi connectivity index (χ3n) is 16.8. The van der Waals surface area contributed by atoms with Gasteiger partial charge in [-0.15, -0.1) is 0 Å². The molecule has 1 amide bonds. The van der Waals surface area contributed by atoms with Gasteiger partial charge in [-0.05, 0) is 109 Å². The number of amides is 1. The largest absolute Gasteiger partial charge is 0.394 e. The minimum absolute atomic E-state index is 0.259. The first kappa shape index (κ1) is 84.2. The smallest absolute Gasteiger partial charge is 0.220 e. The molecule has 2 heterocycles. The number of unbranched alkanes of at least 4 members (excludes halogenated alkanes) is 25. The van der Waals surface area contributed by atoms with Gasteiger partial charge in [0.15, 0.2) is 12.6 Å². The first-order valence-electron chi connectivity index (χ1n) is 36.4. The predicted molar refractivity (Wildman–Crippen MR) is 378 cm³/mol. The van der Waals surface area contributed by atoms with E-state index < -0.39 is 86.8 Å². The molecule has 2 saturated heterocycles. The van der Waals surface area contributed by atoms with Gasteiger partial charge < -0.3 is 65.1 Å². The van der Waals surface area contributed by atoms with Crippen molar-refractivity contribution in [2.45, 2.75) is 331 Å². The Morgan fingerprint density at radius 2 is 0.761 bits per heavy atom. The summed E-state index contributed by atoms with van der Waals surface area (Å²) in [5.74, 6) is -0.259. The minimum atomic E-state index is -1.80.